The highest BCUT2D eigenvalue weighted by atomic mass is 32.2. The van der Waals surface area contributed by atoms with Crippen LogP contribution in [0, 0.1) is 0 Å². The first kappa shape index (κ1) is 19.7. The molecule has 1 aromatic carbocycles. The SMILES string of the molecule is CN(c1ccccc1CNc1nc(Nc2cnn(C)c2)nc2[nH]ccc12)S(C)(=O)=O. The van der Waals surface area contributed by atoms with Crippen LogP contribution in [0.1, 0.15) is 5.56 Å². The zero-order chi connectivity index (χ0) is 21.3. The minimum Gasteiger partial charge on any atom is -0.365 e. The first-order valence-corrected chi connectivity index (χ1v) is 11.0. The van der Waals surface area contributed by atoms with Crippen molar-refractivity contribution in [3.63, 3.8) is 0 Å². The fourth-order valence-electron chi connectivity index (χ4n) is 3.07. The van der Waals surface area contributed by atoms with E-state index < -0.39 is 10.0 Å². The molecule has 0 atom stereocenters. The fraction of sp³-hybridized carbons (Fsp3) is 0.211. The Morgan fingerprint density at radius 3 is 2.73 bits per heavy atom. The van der Waals surface area contributed by atoms with Crippen LogP contribution in [-0.4, -0.2) is 46.5 Å². The third-order valence-electron chi connectivity index (χ3n) is 4.65. The van der Waals surface area contributed by atoms with Gasteiger partial charge in [0, 0.05) is 33.0 Å². The average Bonchev–Trinajstić information content (AvgIpc) is 3.34. The topological polar surface area (TPSA) is 121 Å². The number of fused-ring (bicyclic) bond motifs is 1. The number of nitrogens with one attached hydrogen (secondary N) is 3. The van der Waals surface area contributed by atoms with Crippen molar-refractivity contribution in [1.82, 2.24) is 24.7 Å². The molecule has 0 fully saturated rings. The summed E-state index contributed by atoms with van der Waals surface area (Å²) < 4.78 is 26.9. The van der Waals surface area contributed by atoms with E-state index in [9.17, 15) is 8.42 Å². The van der Waals surface area contributed by atoms with Crippen LogP contribution >= 0.6 is 0 Å². The van der Waals surface area contributed by atoms with Crippen LogP contribution in [0.3, 0.4) is 0 Å². The molecule has 0 aliphatic carbocycles. The maximum absolute atomic E-state index is 12.0. The zero-order valence-corrected chi connectivity index (χ0v) is 17.6. The van der Waals surface area contributed by atoms with E-state index in [4.69, 9.17) is 0 Å². The van der Waals surface area contributed by atoms with E-state index in [1.54, 1.807) is 30.2 Å². The summed E-state index contributed by atoms with van der Waals surface area (Å²) >= 11 is 0. The van der Waals surface area contributed by atoms with Gasteiger partial charge < -0.3 is 15.6 Å². The monoisotopic (exact) mass is 426 g/mol. The number of anilines is 4. The molecule has 156 valence electrons. The number of para-hydroxylation sites is 1. The van der Waals surface area contributed by atoms with Crippen molar-refractivity contribution in [1.29, 1.82) is 0 Å². The lowest BCUT2D eigenvalue weighted by molar-refractivity contribution is 0.600. The number of aromatic nitrogens is 5. The van der Waals surface area contributed by atoms with E-state index in [-0.39, 0.29) is 0 Å². The predicted molar refractivity (Wildman–Crippen MR) is 117 cm³/mol. The summed E-state index contributed by atoms with van der Waals surface area (Å²) in [6.07, 6.45) is 6.49. The third kappa shape index (κ3) is 4.06. The zero-order valence-electron chi connectivity index (χ0n) is 16.8. The molecule has 3 N–H and O–H groups in total. The van der Waals surface area contributed by atoms with Crippen LogP contribution in [0.4, 0.5) is 23.1 Å². The summed E-state index contributed by atoms with van der Waals surface area (Å²) in [6.45, 7) is 0.389. The molecular formula is C19H22N8O2S. The highest BCUT2D eigenvalue weighted by molar-refractivity contribution is 7.92. The van der Waals surface area contributed by atoms with Crippen LogP contribution < -0.4 is 14.9 Å². The number of rotatable bonds is 7. The van der Waals surface area contributed by atoms with E-state index in [2.05, 4.69) is 30.7 Å². The van der Waals surface area contributed by atoms with Gasteiger partial charge in [-0.15, -0.1) is 0 Å². The maximum Gasteiger partial charge on any atom is 0.232 e. The fourth-order valence-corrected chi connectivity index (χ4v) is 3.61. The van der Waals surface area contributed by atoms with Crippen molar-refractivity contribution in [2.24, 2.45) is 7.05 Å². The first-order chi connectivity index (χ1) is 14.3. The average molecular weight is 427 g/mol. The molecule has 0 aliphatic rings. The number of hydrogen-bond acceptors (Lipinski definition) is 7. The molecule has 30 heavy (non-hydrogen) atoms. The molecule has 0 amide bonds. The molecule has 11 heteroatoms. The highest BCUT2D eigenvalue weighted by Gasteiger charge is 2.16. The minimum atomic E-state index is -3.37. The Bertz CT molecular complexity index is 1290. The van der Waals surface area contributed by atoms with Crippen molar-refractivity contribution in [2.75, 3.05) is 28.2 Å². The van der Waals surface area contributed by atoms with Crippen molar-refractivity contribution in [2.45, 2.75) is 6.54 Å². The molecule has 0 unspecified atom stereocenters. The second kappa shape index (κ2) is 7.67. The van der Waals surface area contributed by atoms with Crippen LogP contribution in [0.15, 0.2) is 48.9 Å². The van der Waals surface area contributed by atoms with Crippen LogP contribution in [0.2, 0.25) is 0 Å². The maximum atomic E-state index is 12.0. The van der Waals surface area contributed by atoms with Gasteiger partial charge in [-0.3, -0.25) is 8.99 Å². The van der Waals surface area contributed by atoms with Crippen molar-refractivity contribution < 1.29 is 8.42 Å². The van der Waals surface area contributed by atoms with Crippen LogP contribution in [-0.2, 0) is 23.6 Å². The van der Waals surface area contributed by atoms with Crippen molar-refractivity contribution in [3.05, 3.63) is 54.5 Å². The smallest absolute Gasteiger partial charge is 0.232 e. The quantitative estimate of drug-likeness (QED) is 0.415. The van der Waals surface area contributed by atoms with E-state index in [0.29, 0.717) is 29.6 Å². The normalized spacial score (nSPS) is 11.6. The molecule has 3 heterocycles. The van der Waals surface area contributed by atoms with E-state index >= 15 is 0 Å². The molecule has 4 rings (SSSR count). The molecule has 0 saturated carbocycles. The Kier molecular flexibility index (Phi) is 5.04. The summed E-state index contributed by atoms with van der Waals surface area (Å²) in [5.74, 6) is 1.05. The minimum absolute atomic E-state index is 0.389. The lowest BCUT2D eigenvalue weighted by Crippen LogP contribution is -2.26. The highest BCUT2D eigenvalue weighted by Crippen LogP contribution is 2.26. The van der Waals surface area contributed by atoms with Crippen molar-refractivity contribution >= 4 is 44.2 Å². The molecular weight excluding hydrogens is 404 g/mol. The first-order valence-electron chi connectivity index (χ1n) is 9.18. The second-order valence-corrected chi connectivity index (χ2v) is 8.89. The Morgan fingerprint density at radius 2 is 2.00 bits per heavy atom. The standard InChI is InChI=1S/C19H22N8O2S/c1-26-12-14(11-22-26)23-19-24-17-15(8-9-20-17)18(25-19)21-10-13-6-4-5-7-16(13)27(2)30(3,28)29/h4-9,11-12H,10H2,1-3H3,(H3,20,21,23,24,25). The van der Waals surface area contributed by atoms with E-state index in [1.165, 1.54) is 10.6 Å². The van der Waals surface area contributed by atoms with Gasteiger partial charge in [-0.1, -0.05) is 18.2 Å². The van der Waals surface area contributed by atoms with Gasteiger partial charge in [0.2, 0.25) is 16.0 Å². The Balaban J connectivity index is 1.63. The number of aryl methyl sites for hydroxylation is 1. The van der Waals surface area contributed by atoms with Gasteiger partial charge in [-0.2, -0.15) is 15.1 Å². The number of benzene rings is 1. The molecule has 0 bridgehead atoms. The van der Waals surface area contributed by atoms with Gasteiger partial charge in [0.05, 0.1) is 29.2 Å². The summed E-state index contributed by atoms with van der Waals surface area (Å²) in [7, 11) is 0.00297. The third-order valence-corrected chi connectivity index (χ3v) is 5.84. The van der Waals surface area contributed by atoms with E-state index in [0.717, 1.165) is 16.6 Å². The van der Waals surface area contributed by atoms with Gasteiger partial charge in [0.25, 0.3) is 0 Å². The Labute approximate surface area is 174 Å². The molecule has 4 aromatic rings. The molecule has 0 radical (unpaired) electrons. The summed E-state index contributed by atoms with van der Waals surface area (Å²) in [5.41, 5.74) is 2.89. The van der Waals surface area contributed by atoms with Gasteiger partial charge in [-0.25, -0.2) is 8.42 Å². The summed E-state index contributed by atoms with van der Waals surface area (Å²) in [5, 5.41) is 11.4. The van der Waals surface area contributed by atoms with Crippen molar-refractivity contribution in [3.8, 4) is 0 Å². The molecule has 0 aliphatic heterocycles. The molecule has 10 nitrogen and oxygen atoms in total. The second-order valence-electron chi connectivity index (χ2n) is 6.88. The van der Waals surface area contributed by atoms with E-state index in [1.807, 2.05) is 37.5 Å². The molecule has 0 spiro atoms. The molecule has 0 saturated heterocycles. The number of nitrogens with zero attached hydrogens (tertiary/aromatic N) is 5. The predicted octanol–water partition coefficient (Wildman–Crippen LogP) is 2.44. The van der Waals surface area contributed by atoms with Crippen LogP contribution in [0.25, 0.3) is 11.0 Å². The largest absolute Gasteiger partial charge is 0.365 e. The summed E-state index contributed by atoms with van der Waals surface area (Å²) in [4.78, 5) is 12.2. The Morgan fingerprint density at radius 1 is 1.20 bits per heavy atom. The number of sulfonamides is 1. The number of hydrogen-bond donors (Lipinski definition) is 3. The Hall–Kier alpha value is -3.60. The van der Waals surface area contributed by atoms with Gasteiger partial charge in [0.1, 0.15) is 11.5 Å². The van der Waals surface area contributed by atoms with Crippen LogP contribution in [0.5, 0.6) is 0 Å². The lowest BCUT2D eigenvalue weighted by atomic mass is 10.1. The molecule has 3 aromatic heterocycles. The summed E-state index contributed by atoms with van der Waals surface area (Å²) in [6, 6.07) is 9.23. The lowest BCUT2D eigenvalue weighted by Gasteiger charge is -2.20. The van der Waals surface area contributed by atoms with Gasteiger partial charge in [-0.05, 0) is 17.7 Å². The number of H-pyrrole nitrogens is 1. The number of aromatic amines is 1. The van der Waals surface area contributed by atoms with Gasteiger partial charge >= 0.3 is 0 Å². The van der Waals surface area contributed by atoms with Gasteiger partial charge in [0.15, 0.2) is 0 Å².